The van der Waals surface area contributed by atoms with Gasteiger partial charge in [0.2, 0.25) is 0 Å². The summed E-state index contributed by atoms with van der Waals surface area (Å²) in [7, 11) is 0. The van der Waals surface area contributed by atoms with Gasteiger partial charge < -0.3 is 5.73 Å². The zero-order chi connectivity index (χ0) is 14.4. The van der Waals surface area contributed by atoms with E-state index in [0.717, 1.165) is 28.8 Å². The highest BCUT2D eigenvalue weighted by atomic mass is 32.2. The predicted molar refractivity (Wildman–Crippen MR) is 87.4 cm³/mol. The zero-order valence-corrected chi connectivity index (χ0v) is 13.6. The number of benzene rings is 1. The number of thioether (sulfide) groups is 1. The second-order valence-electron chi connectivity index (χ2n) is 4.74. The molecule has 0 spiro atoms. The Morgan fingerprint density at radius 3 is 2.60 bits per heavy atom. The van der Waals surface area contributed by atoms with Gasteiger partial charge in [-0.15, -0.1) is 0 Å². The van der Waals surface area contributed by atoms with Gasteiger partial charge in [0.25, 0.3) is 0 Å². The van der Waals surface area contributed by atoms with Crippen LogP contribution in [0.25, 0.3) is 0 Å². The maximum Gasteiger partial charge on any atom is 0.170 e. The van der Waals surface area contributed by atoms with Crippen LogP contribution in [0.3, 0.4) is 0 Å². The maximum absolute atomic E-state index is 6.24. The molecule has 0 aliphatic rings. The predicted octanol–water partition coefficient (Wildman–Crippen LogP) is 3.85. The largest absolute Gasteiger partial charge is 0.323 e. The van der Waals surface area contributed by atoms with Gasteiger partial charge in [-0.3, -0.25) is 0 Å². The van der Waals surface area contributed by atoms with Crippen molar-refractivity contribution in [2.45, 2.75) is 43.5 Å². The molecule has 0 radical (unpaired) electrons. The first-order valence-electron chi connectivity index (χ1n) is 7.02. The normalized spacial score (nSPS) is 12.6. The van der Waals surface area contributed by atoms with Crippen molar-refractivity contribution in [3.05, 3.63) is 41.2 Å². The van der Waals surface area contributed by atoms with E-state index in [2.05, 4.69) is 47.5 Å². The summed E-state index contributed by atoms with van der Waals surface area (Å²) in [4.78, 5) is 4.45. The molecule has 5 heteroatoms. The lowest BCUT2D eigenvalue weighted by Crippen LogP contribution is -2.12. The Hall–Kier alpha value is -0.910. The molecule has 2 N–H and O–H groups in total. The van der Waals surface area contributed by atoms with Gasteiger partial charge in [-0.2, -0.15) is 4.37 Å². The van der Waals surface area contributed by atoms with Crippen molar-refractivity contribution < 1.29 is 0 Å². The third-order valence-corrected chi connectivity index (χ3v) is 5.09. The zero-order valence-electron chi connectivity index (χ0n) is 12.0. The molecule has 1 heterocycles. The van der Waals surface area contributed by atoms with E-state index in [4.69, 9.17) is 5.73 Å². The molecule has 0 amide bonds. The van der Waals surface area contributed by atoms with Crippen LogP contribution < -0.4 is 5.73 Å². The van der Waals surface area contributed by atoms with E-state index in [1.807, 2.05) is 0 Å². The first-order chi connectivity index (χ1) is 9.72. The minimum Gasteiger partial charge on any atom is -0.323 e. The molecular formula is C15H21N3S2. The summed E-state index contributed by atoms with van der Waals surface area (Å²) in [5.41, 5.74) is 8.82. The molecule has 0 saturated carbocycles. The third kappa shape index (κ3) is 4.30. The van der Waals surface area contributed by atoms with Gasteiger partial charge in [0.1, 0.15) is 5.82 Å². The summed E-state index contributed by atoms with van der Waals surface area (Å²) >= 11 is 3.16. The Labute approximate surface area is 129 Å². The number of hydrogen-bond donors (Lipinski definition) is 1. The molecule has 0 saturated heterocycles. The summed E-state index contributed by atoms with van der Waals surface area (Å²) in [6, 6.07) is 8.71. The van der Waals surface area contributed by atoms with E-state index in [0.29, 0.717) is 0 Å². The molecule has 3 nitrogen and oxygen atoms in total. The Morgan fingerprint density at radius 2 is 2.00 bits per heavy atom. The molecule has 1 unspecified atom stereocenters. The van der Waals surface area contributed by atoms with Crippen LogP contribution in [0.2, 0.25) is 0 Å². The van der Waals surface area contributed by atoms with Gasteiger partial charge in [0.05, 0.1) is 0 Å². The van der Waals surface area contributed by atoms with Gasteiger partial charge >= 0.3 is 0 Å². The SMILES string of the molecule is CCCc1ccc(C(N)CSc2nc(CC)ns2)cc1. The lowest BCUT2D eigenvalue weighted by molar-refractivity contribution is 0.827. The smallest absolute Gasteiger partial charge is 0.170 e. The molecule has 20 heavy (non-hydrogen) atoms. The summed E-state index contributed by atoms with van der Waals surface area (Å²) in [5.74, 6) is 1.76. The monoisotopic (exact) mass is 307 g/mol. The van der Waals surface area contributed by atoms with Crippen molar-refractivity contribution in [2.75, 3.05) is 5.75 Å². The van der Waals surface area contributed by atoms with E-state index in [1.54, 1.807) is 11.8 Å². The van der Waals surface area contributed by atoms with Crippen LogP contribution in [0.1, 0.15) is 43.3 Å². The van der Waals surface area contributed by atoms with Gasteiger partial charge in [-0.05, 0) is 29.1 Å². The highest BCUT2D eigenvalue weighted by Gasteiger charge is 2.09. The fourth-order valence-electron chi connectivity index (χ4n) is 1.92. The Balaban J connectivity index is 1.89. The standard InChI is InChI=1S/C15H21N3S2/c1-3-5-11-6-8-12(9-7-11)13(16)10-19-15-17-14(4-2)18-20-15/h6-9,13H,3-5,10,16H2,1-2H3. The van der Waals surface area contributed by atoms with E-state index in [1.165, 1.54) is 29.1 Å². The number of nitrogens with two attached hydrogens (primary N) is 1. The van der Waals surface area contributed by atoms with Crippen LogP contribution in [0, 0.1) is 0 Å². The van der Waals surface area contributed by atoms with Crippen LogP contribution in [0.4, 0.5) is 0 Å². The Morgan fingerprint density at radius 1 is 1.25 bits per heavy atom. The highest BCUT2D eigenvalue weighted by Crippen LogP contribution is 2.25. The molecule has 1 aromatic carbocycles. The molecule has 0 fully saturated rings. The Bertz CT molecular complexity index is 522. The fraction of sp³-hybridized carbons (Fsp3) is 0.467. The molecular weight excluding hydrogens is 286 g/mol. The average molecular weight is 307 g/mol. The summed E-state index contributed by atoms with van der Waals surface area (Å²) in [6.45, 7) is 4.27. The molecule has 0 aliphatic carbocycles. The van der Waals surface area contributed by atoms with Gasteiger partial charge in [0, 0.05) is 18.2 Å². The minimum absolute atomic E-state index is 0.0460. The van der Waals surface area contributed by atoms with Crippen molar-refractivity contribution in [1.82, 2.24) is 9.36 Å². The second-order valence-corrected chi connectivity index (χ2v) is 6.76. The molecule has 1 atom stereocenters. The molecule has 1 aromatic heterocycles. The molecule has 0 aliphatic heterocycles. The number of hydrogen-bond acceptors (Lipinski definition) is 5. The van der Waals surface area contributed by atoms with Gasteiger partial charge in [-0.1, -0.05) is 56.3 Å². The van der Waals surface area contributed by atoms with Crippen molar-refractivity contribution >= 4 is 23.3 Å². The van der Waals surface area contributed by atoms with Crippen molar-refractivity contribution in [3.8, 4) is 0 Å². The van der Waals surface area contributed by atoms with E-state index < -0.39 is 0 Å². The first-order valence-corrected chi connectivity index (χ1v) is 8.78. The lowest BCUT2D eigenvalue weighted by atomic mass is 10.0. The lowest BCUT2D eigenvalue weighted by Gasteiger charge is -2.11. The summed E-state index contributed by atoms with van der Waals surface area (Å²) in [5, 5.41) is 0. The van der Waals surface area contributed by atoms with Crippen molar-refractivity contribution in [3.63, 3.8) is 0 Å². The van der Waals surface area contributed by atoms with Crippen LogP contribution in [0.15, 0.2) is 28.6 Å². The average Bonchev–Trinajstić information content (AvgIpc) is 2.94. The molecule has 108 valence electrons. The van der Waals surface area contributed by atoms with E-state index in [-0.39, 0.29) is 6.04 Å². The van der Waals surface area contributed by atoms with Crippen molar-refractivity contribution in [1.29, 1.82) is 0 Å². The van der Waals surface area contributed by atoms with Crippen molar-refractivity contribution in [2.24, 2.45) is 5.73 Å². The van der Waals surface area contributed by atoms with E-state index in [9.17, 15) is 0 Å². The first kappa shape index (κ1) is 15.5. The second kappa shape index (κ2) is 7.76. The number of rotatable bonds is 7. The van der Waals surface area contributed by atoms with Crippen LogP contribution >= 0.6 is 23.3 Å². The molecule has 0 bridgehead atoms. The number of aromatic nitrogens is 2. The highest BCUT2D eigenvalue weighted by molar-refractivity contribution is 8.00. The quantitative estimate of drug-likeness (QED) is 0.790. The molecule has 2 aromatic rings. The number of nitrogens with zero attached hydrogens (tertiary/aromatic N) is 2. The van der Waals surface area contributed by atoms with Crippen LogP contribution in [0.5, 0.6) is 0 Å². The molecule has 2 rings (SSSR count). The van der Waals surface area contributed by atoms with Crippen LogP contribution in [-0.4, -0.2) is 15.1 Å². The summed E-state index contributed by atoms with van der Waals surface area (Å²) < 4.78 is 5.30. The van der Waals surface area contributed by atoms with Crippen LogP contribution in [-0.2, 0) is 12.8 Å². The Kier molecular flexibility index (Phi) is 6.01. The summed E-state index contributed by atoms with van der Waals surface area (Å²) in [6.07, 6.45) is 3.20. The van der Waals surface area contributed by atoms with Gasteiger partial charge in [0.15, 0.2) is 4.34 Å². The van der Waals surface area contributed by atoms with E-state index >= 15 is 0 Å². The maximum atomic E-state index is 6.24. The topological polar surface area (TPSA) is 51.8 Å². The van der Waals surface area contributed by atoms with Gasteiger partial charge in [-0.25, -0.2) is 4.98 Å². The minimum atomic E-state index is 0.0460. The third-order valence-electron chi connectivity index (χ3n) is 3.10. The fourth-order valence-corrected chi connectivity index (χ4v) is 3.63. The number of aryl methyl sites for hydroxylation is 2.